The summed E-state index contributed by atoms with van der Waals surface area (Å²) in [5, 5.41) is 22.7. The first kappa shape index (κ1) is 19.9. The molecule has 0 atom stereocenters. The van der Waals surface area contributed by atoms with Crippen LogP contribution in [0, 0.1) is 11.3 Å². The van der Waals surface area contributed by atoms with Gasteiger partial charge in [0.2, 0.25) is 0 Å². The zero-order valence-electron chi connectivity index (χ0n) is 16.8. The highest BCUT2D eigenvalue weighted by atomic mass is 35.5. The van der Waals surface area contributed by atoms with Crippen molar-refractivity contribution >= 4 is 40.3 Å². The second-order valence-electron chi connectivity index (χ2n) is 7.49. The fourth-order valence-corrected chi connectivity index (χ4v) is 5.17. The molecule has 3 heterocycles. The quantitative estimate of drug-likeness (QED) is 0.456. The monoisotopic (exact) mass is 445 g/mol. The molecule has 3 aromatic rings. The molecule has 5 nitrogen and oxygen atoms in total. The minimum Gasteiger partial charge on any atom is -0.310 e. The van der Waals surface area contributed by atoms with Crippen molar-refractivity contribution < 1.29 is 0 Å². The second kappa shape index (κ2) is 8.62. The normalized spacial score (nSPS) is 17.5. The third kappa shape index (κ3) is 3.76. The molecule has 0 saturated heterocycles. The number of benzene rings is 2. The Morgan fingerprint density at radius 2 is 1.81 bits per heavy atom. The van der Waals surface area contributed by atoms with E-state index in [1.165, 1.54) is 6.42 Å². The summed E-state index contributed by atoms with van der Waals surface area (Å²) in [7, 11) is 0. The fraction of sp³-hybridized carbons (Fsp3) is 0.208. The summed E-state index contributed by atoms with van der Waals surface area (Å²) >= 11 is 7.66. The average molecular weight is 446 g/mol. The molecule has 0 bridgehead atoms. The number of para-hydroxylation sites is 1. The lowest BCUT2D eigenvalue weighted by atomic mass is 10.1. The summed E-state index contributed by atoms with van der Waals surface area (Å²) in [5.41, 5.74) is 3.58. The van der Waals surface area contributed by atoms with Gasteiger partial charge in [0.25, 0.3) is 0 Å². The molecule has 0 amide bonds. The van der Waals surface area contributed by atoms with Crippen LogP contribution in [-0.4, -0.2) is 14.8 Å². The minimum absolute atomic E-state index is 0.551. The number of hydrogen-bond donors (Lipinski definition) is 0. The maximum atomic E-state index is 10.2. The van der Waals surface area contributed by atoms with Crippen LogP contribution in [0.3, 0.4) is 0 Å². The predicted molar refractivity (Wildman–Crippen MR) is 126 cm³/mol. The maximum Gasteiger partial charge on any atom is 0.177 e. The number of nitrogens with zero attached hydrogens (tertiary/aromatic N) is 5. The Labute approximate surface area is 190 Å². The summed E-state index contributed by atoms with van der Waals surface area (Å²) in [4.78, 5) is 2.13. The van der Waals surface area contributed by atoms with Gasteiger partial charge in [-0.05, 0) is 42.7 Å². The first-order chi connectivity index (χ1) is 15.3. The molecule has 0 radical (unpaired) electrons. The van der Waals surface area contributed by atoms with Gasteiger partial charge in [0, 0.05) is 29.1 Å². The maximum absolute atomic E-state index is 10.2. The molecule has 0 N–H and O–H groups in total. The lowest BCUT2D eigenvalue weighted by molar-refractivity contribution is 0.627. The molecule has 5 rings (SSSR count). The average Bonchev–Trinajstić information content (AvgIpc) is 3.33. The Kier molecular flexibility index (Phi) is 5.54. The number of halogens is 1. The zero-order chi connectivity index (χ0) is 21.2. The lowest BCUT2D eigenvalue weighted by Crippen LogP contribution is -2.18. The van der Waals surface area contributed by atoms with Crippen molar-refractivity contribution in [3.05, 3.63) is 87.3 Å². The van der Waals surface area contributed by atoms with Crippen LogP contribution in [0.1, 0.15) is 36.5 Å². The molecule has 2 aliphatic rings. The van der Waals surface area contributed by atoms with Gasteiger partial charge in [-0.25, -0.2) is 0 Å². The summed E-state index contributed by atoms with van der Waals surface area (Å²) in [6.07, 6.45) is 4.28. The van der Waals surface area contributed by atoms with Crippen LogP contribution in [0.5, 0.6) is 0 Å². The molecular weight excluding hydrogens is 426 g/mol. The summed E-state index contributed by atoms with van der Waals surface area (Å²) in [6.45, 7) is 0.851. The number of fused-ring (bicyclic) bond motifs is 1. The number of rotatable bonds is 3. The molecule has 31 heavy (non-hydrogen) atoms. The highest BCUT2D eigenvalue weighted by molar-refractivity contribution is 8.06. The molecule has 154 valence electrons. The third-order valence-electron chi connectivity index (χ3n) is 5.54. The molecule has 0 unspecified atom stereocenters. The number of nitriles is 1. The van der Waals surface area contributed by atoms with E-state index in [0.717, 1.165) is 53.6 Å². The van der Waals surface area contributed by atoms with Gasteiger partial charge in [-0.15, -0.1) is 10.2 Å². The summed E-state index contributed by atoms with van der Waals surface area (Å²) < 4.78 is 2.13. The molecule has 2 aromatic carbocycles. The van der Waals surface area contributed by atoms with Gasteiger partial charge in [0.1, 0.15) is 22.5 Å². The van der Waals surface area contributed by atoms with Crippen LogP contribution in [0.25, 0.3) is 11.3 Å². The summed E-state index contributed by atoms with van der Waals surface area (Å²) in [5.74, 6) is 1.63. The van der Waals surface area contributed by atoms with Crippen LogP contribution >= 0.6 is 23.4 Å². The van der Waals surface area contributed by atoms with Crippen LogP contribution in [0.2, 0.25) is 5.02 Å². The van der Waals surface area contributed by atoms with Crippen molar-refractivity contribution in [3.63, 3.8) is 0 Å². The van der Waals surface area contributed by atoms with E-state index in [-0.39, 0.29) is 0 Å². The van der Waals surface area contributed by atoms with Crippen molar-refractivity contribution in [1.29, 1.82) is 5.26 Å². The number of allylic oxidation sites excluding steroid dienone is 1. The van der Waals surface area contributed by atoms with Gasteiger partial charge in [-0.1, -0.05) is 60.1 Å². The number of thioether (sulfide) groups is 1. The van der Waals surface area contributed by atoms with Crippen molar-refractivity contribution in [1.82, 2.24) is 14.8 Å². The molecule has 0 fully saturated rings. The number of aryl methyl sites for hydroxylation is 1. The van der Waals surface area contributed by atoms with Gasteiger partial charge in [-0.3, -0.25) is 0 Å². The SMILES string of the molecule is N#C/C(=C1\SC=C(c2ccc(Cl)cc2)N1c1ccccc1)c1nnc2n1CCCCC2. The van der Waals surface area contributed by atoms with Gasteiger partial charge < -0.3 is 9.47 Å². The first-order valence-electron chi connectivity index (χ1n) is 10.3. The minimum atomic E-state index is 0.551. The first-order valence-corrected chi connectivity index (χ1v) is 11.6. The predicted octanol–water partition coefficient (Wildman–Crippen LogP) is 6.10. The smallest absolute Gasteiger partial charge is 0.177 e. The van der Waals surface area contributed by atoms with Gasteiger partial charge in [-0.2, -0.15) is 5.26 Å². The van der Waals surface area contributed by atoms with Gasteiger partial charge in [0.15, 0.2) is 5.82 Å². The Bertz CT molecular complexity index is 1210. The highest BCUT2D eigenvalue weighted by Crippen LogP contribution is 2.46. The van der Waals surface area contributed by atoms with E-state index in [2.05, 4.69) is 43.3 Å². The highest BCUT2D eigenvalue weighted by Gasteiger charge is 2.30. The lowest BCUT2D eigenvalue weighted by Gasteiger charge is -2.25. The number of anilines is 1. The molecule has 0 aliphatic carbocycles. The molecule has 0 saturated carbocycles. The van der Waals surface area contributed by atoms with E-state index in [4.69, 9.17) is 11.6 Å². The third-order valence-corrected chi connectivity index (χ3v) is 6.74. The van der Waals surface area contributed by atoms with E-state index >= 15 is 0 Å². The van der Waals surface area contributed by atoms with Crippen LogP contribution in [0.15, 0.2) is 65.0 Å². The number of aromatic nitrogens is 3. The molecule has 1 aromatic heterocycles. The van der Waals surface area contributed by atoms with Crippen molar-refractivity contribution in [2.24, 2.45) is 0 Å². The Morgan fingerprint density at radius 1 is 1.00 bits per heavy atom. The van der Waals surface area contributed by atoms with E-state index in [1.54, 1.807) is 11.8 Å². The molecular formula is C24H20ClN5S. The molecule has 2 aliphatic heterocycles. The number of hydrogen-bond acceptors (Lipinski definition) is 5. The van der Waals surface area contributed by atoms with Crippen LogP contribution in [-0.2, 0) is 13.0 Å². The van der Waals surface area contributed by atoms with E-state index in [1.807, 2.05) is 42.5 Å². The van der Waals surface area contributed by atoms with Crippen molar-refractivity contribution in [3.8, 4) is 6.07 Å². The van der Waals surface area contributed by atoms with Crippen molar-refractivity contribution in [2.75, 3.05) is 4.90 Å². The van der Waals surface area contributed by atoms with Gasteiger partial charge in [0.05, 0.1) is 5.70 Å². The second-order valence-corrected chi connectivity index (χ2v) is 8.79. The van der Waals surface area contributed by atoms with Gasteiger partial charge >= 0.3 is 0 Å². The van der Waals surface area contributed by atoms with E-state index < -0.39 is 0 Å². The van der Waals surface area contributed by atoms with Crippen LogP contribution in [0.4, 0.5) is 5.69 Å². The Morgan fingerprint density at radius 3 is 2.58 bits per heavy atom. The zero-order valence-corrected chi connectivity index (χ0v) is 18.4. The van der Waals surface area contributed by atoms with E-state index in [9.17, 15) is 5.26 Å². The standard InChI is InChI=1S/C24H20ClN5S/c25-18-12-10-17(11-13-18)21-16-31-24(30(21)19-7-3-1-4-8-19)20(15-26)23-28-27-22-9-5-2-6-14-29(22)23/h1,3-4,7-8,10-13,16H,2,5-6,9,14H2/b24-20+. The fourth-order valence-electron chi connectivity index (χ4n) is 4.01. The largest absolute Gasteiger partial charge is 0.310 e. The Balaban J connectivity index is 1.65. The molecule has 0 spiro atoms. The molecule has 7 heteroatoms. The topological polar surface area (TPSA) is 57.7 Å². The van der Waals surface area contributed by atoms with Crippen LogP contribution < -0.4 is 4.90 Å². The Hall–Kier alpha value is -3.01. The summed E-state index contributed by atoms with van der Waals surface area (Å²) in [6, 6.07) is 20.3. The van der Waals surface area contributed by atoms with Crippen molar-refractivity contribution in [2.45, 2.75) is 32.2 Å². The van der Waals surface area contributed by atoms with E-state index in [0.29, 0.717) is 16.4 Å².